The van der Waals surface area contributed by atoms with Crippen LogP contribution in [-0.4, -0.2) is 30.6 Å². The van der Waals surface area contributed by atoms with Gasteiger partial charge in [-0.15, -0.1) is 0 Å². The Morgan fingerprint density at radius 3 is 2.38 bits per heavy atom. The number of nitrogens with one attached hydrogen (secondary N) is 2. The summed E-state index contributed by atoms with van der Waals surface area (Å²) in [6, 6.07) is 7.69. The molecule has 29 heavy (non-hydrogen) atoms. The molecule has 1 aliphatic carbocycles. The van der Waals surface area contributed by atoms with Crippen molar-refractivity contribution in [3.63, 3.8) is 0 Å². The van der Waals surface area contributed by atoms with Crippen molar-refractivity contribution in [1.29, 1.82) is 0 Å². The highest BCUT2D eigenvalue weighted by molar-refractivity contribution is 7.92. The van der Waals surface area contributed by atoms with Crippen LogP contribution < -0.4 is 10.9 Å². The first kappa shape index (κ1) is 20.2. The van der Waals surface area contributed by atoms with Crippen LogP contribution in [0.1, 0.15) is 36.9 Å². The highest BCUT2D eigenvalue weighted by atomic mass is 35.5. The first-order valence-corrected chi connectivity index (χ1v) is 11.5. The second kappa shape index (κ2) is 7.63. The van der Waals surface area contributed by atoms with E-state index in [1.54, 1.807) is 18.2 Å². The van der Waals surface area contributed by atoms with Crippen LogP contribution in [0.3, 0.4) is 0 Å². The van der Waals surface area contributed by atoms with Gasteiger partial charge >= 0.3 is 0 Å². The van der Waals surface area contributed by atoms with E-state index in [1.165, 1.54) is 12.1 Å². The van der Waals surface area contributed by atoms with E-state index in [0.29, 0.717) is 42.5 Å². The van der Waals surface area contributed by atoms with Crippen molar-refractivity contribution in [1.82, 2.24) is 10.3 Å². The number of amides is 1. The predicted molar refractivity (Wildman–Crippen MR) is 112 cm³/mol. The number of benzene rings is 1. The minimum absolute atomic E-state index is 0.0425. The Bertz CT molecular complexity index is 1180. The average Bonchev–Trinajstić information content (AvgIpc) is 3.45. The van der Waals surface area contributed by atoms with Crippen LogP contribution in [0.5, 0.6) is 0 Å². The van der Waals surface area contributed by atoms with Crippen molar-refractivity contribution >= 4 is 44.5 Å². The number of aromatic amines is 1. The lowest BCUT2D eigenvalue weighted by molar-refractivity contribution is -0.119. The van der Waals surface area contributed by atoms with Gasteiger partial charge in [-0.2, -0.15) is 0 Å². The first-order valence-electron chi connectivity index (χ1n) is 9.20. The molecule has 152 valence electrons. The summed E-state index contributed by atoms with van der Waals surface area (Å²) in [5.41, 5.74) is 1.31. The zero-order chi connectivity index (χ0) is 20.8. The number of halogens is 2. The molecule has 2 fully saturated rings. The number of rotatable bonds is 5. The molecule has 0 bridgehead atoms. The molecule has 1 saturated carbocycles. The molecule has 2 heterocycles. The number of H-pyrrole nitrogens is 1. The number of aromatic nitrogens is 1. The van der Waals surface area contributed by atoms with Crippen LogP contribution in [0.2, 0.25) is 10.0 Å². The van der Waals surface area contributed by atoms with Crippen molar-refractivity contribution in [2.75, 3.05) is 0 Å². The normalized spacial score (nSPS) is 20.0. The zero-order valence-electron chi connectivity index (χ0n) is 15.2. The van der Waals surface area contributed by atoms with Gasteiger partial charge < -0.3 is 10.3 Å². The predicted octanol–water partition coefficient (Wildman–Crippen LogP) is 3.33. The summed E-state index contributed by atoms with van der Waals surface area (Å²) in [5.74, 6) is -0.0425. The number of carbonyl (C=O) groups is 1. The van der Waals surface area contributed by atoms with Gasteiger partial charge in [0, 0.05) is 23.7 Å². The van der Waals surface area contributed by atoms with Gasteiger partial charge in [-0.3, -0.25) is 9.59 Å². The van der Waals surface area contributed by atoms with E-state index in [1.807, 2.05) is 6.08 Å². The Labute approximate surface area is 177 Å². The van der Waals surface area contributed by atoms with Crippen molar-refractivity contribution in [2.45, 2.75) is 41.9 Å². The Morgan fingerprint density at radius 1 is 1.03 bits per heavy atom. The van der Waals surface area contributed by atoms with Crippen molar-refractivity contribution in [2.24, 2.45) is 0 Å². The molecular formula is C20H18Cl2N2O4S. The van der Waals surface area contributed by atoms with Crippen molar-refractivity contribution in [3.8, 4) is 0 Å². The van der Waals surface area contributed by atoms with Crippen LogP contribution in [0.4, 0.5) is 0 Å². The first-order chi connectivity index (χ1) is 13.8. The molecule has 1 aromatic heterocycles. The standard InChI is InChI=1S/C20H18Cl2N2O4S/c21-15-5-6-17(24-20(15)26)14(10-12-2-8-19(25)23-12)11-1-7-18(16(22)9-11)29(27,28)13-3-4-13/h1,5-7,9-10,12-13H,2-4,8H2,(H,23,25)(H,24,26)/b14-10+/t12-/m1/s1. The van der Waals surface area contributed by atoms with E-state index in [-0.39, 0.29) is 32.1 Å². The van der Waals surface area contributed by atoms with Gasteiger partial charge in [0.2, 0.25) is 5.91 Å². The minimum Gasteiger partial charge on any atom is -0.350 e. The van der Waals surface area contributed by atoms with Gasteiger partial charge in [0.1, 0.15) is 5.02 Å². The summed E-state index contributed by atoms with van der Waals surface area (Å²) in [4.78, 5) is 26.4. The molecule has 9 heteroatoms. The van der Waals surface area contributed by atoms with E-state index in [9.17, 15) is 18.0 Å². The largest absolute Gasteiger partial charge is 0.350 e. The van der Waals surface area contributed by atoms with Crippen molar-refractivity contribution in [3.05, 3.63) is 68.1 Å². The molecular weight excluding hydrogens is 435 g/mol. The lowest BCUT2D eigenvalue weighted by Gasteiger charge is -2.14. The van der Waals surface area contributed by atoms with E-state index in [0.717, 1.165) is 0 Å². The third-order valence-electron chi connectivity index (χ3n) is 5.06. The molecule has 0 spiro atoms. The number of sulfone groups is 1. The van der Waals surface area contributed by atoms with Gasteiger partial charge in [0.25, 0.3) is 5.56 Å². The molecule has 2 aliphatic rings. The smallest absolute Gasteiger partial charge is 0.267 e. The summed E-state index contributed by atoms with van der Waals surface area (Å²) >= 11 is 12.2. The quantitative estimate of drug-likeness (QED) is 0.726. The average molecular weight is 453 g/mol. The fourth-order valence-corrected chi connectivity index (χ4v) is 5.69. The van der Waals surface area contributed by atoms with Gasteiger partial charge in [0.05, 0.1) is 15.2 Å². The van der Waals surface area contributed by atoms with Gasteiger partial charge in [0.15, 0.2) is 9.84 Å². The van der Waals surface area contributed by atoms with E-state index < -0.39 is 15.4 Å². The van der Waals surface area contributed by atoms with Crippen LogP contribution >= 0.6 is 23.2 Å². The molecule has 2 aromatic rings. The molecule has 0 unspecified atom stereocenters. The molecule has 1 aromatic carbocycles. The molecule has 1 amide bonds. The highest BCUT2D eigenvalue weighted by Crippen LogP contribution is 2.38. The van der Waals surface area contributed by atoms with Crippen molar-refractivity contribution < 1.29 is 13.2 Å². The van der Waals surface area contributed by atoms with E-state index in [2.05, 4.69) is 10.3 Å². The van der Waals surface area contributed by atoms with Crippen LogP contribution in [0.15, 0.2) is 46.1 Å². The number of carbonyl (C=O) groups excluding carboxylic acids is 1. The SMILES string of the molecule is O=C1CC[C@H](/C=C(\c2ccc(S(=O)(=O)C3CC3)c(Cl)c2)c2ccc(Cl)c(=O)[nH]2)N1. The summed E-state index contributed by atoms with van der Waals surface area (Å²) in [6.07, 6.45) is 4.19. The van der Waals surface area contributed by atoms with Gasteiger partial charge in [-0.05, 0) is 49.1 Å². The third kappa shape index (κ3) is 4.13. The molecule has 1 aliphatic heterocycles. The molecule has 1 atom stereocenters. The van der Waals surface area contributed by atoms with E-state index in [4.69, 9.17) is 23.2 Å². The number of pyridine rings is 1. The molecule has 1 saturated heterocycles. The third-order valence-corrected chi connectivity index (χ3v) is 8.10. The zero-order valence-corrected chi connectivity index (χ0v) is 17.6. The summed E-state index contributed by atoms with van der Waals surface area (Å²) in [5, 5.41) is 2.69. The van der Waals surface area contributed by atoms with Gasteiger partial charge in [-0.1, -0.05) is 35.3 Å². The highest BCUT2D eigenvalue weighted by Gasteiger charge is 2.38. The van der Waals surface area contributed by atoms with Crippen LogP contribution in [0, 0.1) is 0 Å². The summed E-state index contributed by atoms with van der Waals surface area (Å²) in [6.45, 7) is 0. The maximum Gasteiger partial charge on any atom is 0.267 e. The lowest BCUT2D eigenvalue weighted by Crippen LogP contribution is -2.23. The number of hydrogen-bond acceptors (Lipinski definition) is 4. The number of hydrogen-bond donors (Lipinski definition) is 2. The van der Waals surface area contributed by atoms with Crippen LogP contribution in [-0.2, 0) is 14.6 Å². The second-order valence-corrected chi connectivity index (χ2v) is 10.2. The molecule has 4 rings (SSSR count). The summed E-state index contributed by atoms with van der Waals surface area (Å²) in [7, 11) is -3.43. The maximum atomic E-state index is 12.6. The second-order valence-electron chi connectivity index (χ2n) is 7.23. The fraction of sp³-hybridized carbons (Fsp3) is 0.300. The minimum atomic E-state index is -3.43. The fourth-order valence-electron chi connectivity index (χ4n) is 3.38. The Balaban J connectivity index is 1.79. The molecule has 6 nitrogen and oxygen atoms in total. The molecule has 0 radical (unpaired) electrons. The Kier molecular flexibility index (Phi) is 5.31. The Hall–Kier alpha value is -2.09. The lowest BCUT2D eigenvalue weighted by atomic mass is 9.99. The van der Waals surface area contributed by atoms with Crippen LogP contribution in [0.25, 0.3) is 5.57 Å². The maximum absolute atomic E-state index is 12.6. The monoisotopic (exact) mass is 452 g/mol. The van der Waals surface area contributed by atoms with E-state index >= 15 is 0 Å². The molecule has 2 N–H and O–H groups in total. The Morgan fingerprint density at radius 2 is 1.79 bits per heavy atom. The topological polar surface area (TPSA) is 96.1 Å². The van der Waals surface area contributed by atoms with Gasteiger partial charge in [-0.25, -0.2) is 8.42 Å². The summed E-state index contributed by atoms with van der Waals surface area (Å²) < 4.78 is 25.1.